The summed E-state index contributed by atoms with van der Waals surface area (Å²) < 4.78 is 2.21. The van der Waals surface area contributed by atoms with E-state index < -0.39 is 0 Å². The molecule has 0 spiro atoms. The highest BCUT2D eigenvalue weighted by molar-refractivity contribution is 5.81. The number of nitrogens with zero attached hydrogens (tertiary/aromatic N) is 3. The second kappa shape index (κ2) is 8.61. The third-order valence-corrected chi connectivity index (χ3v) is 5.35. The van der Waals surface area contributed by atoms with Crippen LogP contribution in [0.25, 0.3) is 0 Å². The number of amides is 1. The summed E-state index contributed by atoms with van der Waals surface area (Å²) in [7, 11) is 0. The zero-order valence-electron chi connectivity index (χ0n) is 15.6. The first kappa shape index (κ1) is 18.1. The number of aryl methyl sites for hydroxylation is 2. The highest BCUT2D eigenvalue weighted by atomic mass is 16.2. The van der Waals surface area contributed by atoms with E-state index in [0.717, 1.165) is 50.4 Å². The summed E-state index contributed by atoms with van der Waals surface area (Å²) in [6.45, 7) is 5.66. The van der Waals surface area contributed by atoms with Crippen LogP contribution in [-0.2, 0) is 24.2 Å². The van der Waals surface area contributed by atoms with E-state index in [1.807, 2.05) is 6.92 Å². The maximum atomic E-state index is 12.4. The third-order valence-electron chi connectivity index (χ3n) is 5.35. The molecule has 0 aromatic carbocycles. The number of aromatic nitrogens is 3. The lowest BCUT2D eigenvalue weighted by molar-refractivity contribution is -0.122. The maximum Gasteiger partial charge on any atom is 0.236 e. The average Bonchev–Trinajstić information content (AvgIpc) is 3.04. The molecule has 0 fully saturated rings. The summed E-state index contributed by atoms with van der Waals surface area (Å²) in [5, 5.41) is 15.1. The molecule has 2 N–H and O–H groups in total. The second-order valence-corrected chi connectivity index (χ2v) is 7.27. The summed E-state index contributed by atoms with van der Waals surface area (Å²) in [5.74, 6) is 2.22. The lowest BCUT2D eigenvalue weighted by Crippen LogP contribution is -2.49. The van der Waals surface area contributed by atoms with E-state index in [4.69, 9.17) is 0 Å². The summed E-state index contributed by atoms with van der Waals surface area (Å²) in [5.41, 5.74) is 1.51. The SMILES string of the molecule is CCc1nnc2n1CC(NC(C)C(=O)NCCC1=CCCCC1)CC2. The maximum absolute atomic E-state index is 12.4. The van der Waals surface area contributed by atoms with Crippen molar-refractivity contribution in [3.63, 3.8) is 0 Å². The summed E-state index contributed by atoms with van der Waals surface area (Å²) in [6.07, 6.45) is 11.2. The minimum Gasteiger partial charge on any atom is -0.354 e. The quantitative estimate of drug-likeness (QED) is 0.743. The number of nitrogens with one attached hydrogen (secondary N) is 2. The van der Waals surface area contributed by atoms with Gasteiger partial charge in [-0.3, -0.25) is 4.79 Å². The summed E-state index contributed by atoms with van der Waals surface area (Å²) in [4.78, 5) is 12.4. The van der Waals surface area contributed by atoms with Gasteiger partial charge in [0.25, 0.3) is 0 Å². The Balaban J connectivity index is 1.43. The molecular weight excluding hydrogens is 314 g/mol. The van der Waals surface area contributed by atoms with Crippen LogP contribution in [0, 0.1) is 0 Å². The van der Waals surface area contributed by atoms with Gasteiger partial charge in [-0.2, -0.15) is 0 Å². The van der Waals surface area contributed by atoms with E-state index in [1.165, 1.54) is 31.3 Å². The van der Waals surface area contributed by atoms with Crippen molar-refractivity contribution in [1.29, 1.82) is 0 Å². The molecule has 1 amide bonds. The molecule has 3 rings (SSSR count). The normalized spacial score (nSPS) is 21.4. The minimum atomic E-state index is -0.173. The number of rotatable bonds is 7. The average molecular weight is 345 g/mol. The Morgan fingerprint density at radius 3 is 3.00 bits per heavy atom. The van der Waals surface area contributed by atoms with Gasteiger partial charge in [-0.15, -0.1) is 10.2 Å². The van der Waals surface area contributed by atoms with Crippen molar-refractivity contribution in [3.05, 3.63) is 23.3 Å². The molecule has 6 heteroatoms. The van der Waals surface area contributed by atoms with Crippen LogP contribution in [0.4, 0.5) is 0 Å². The Labute approximate surface area is 150 Å². The zero-order valence-corrected chi connectivity index (χ0v) is 15.6. The van der Waals surface area contributed by atoms with Gasteiger partial charge in [-0.05, 0) is 45.4 Å². The van der Waals surface area contributed by atoms with Gasteiger partial charge in [0.1, 0.15) is 11.6 Å². The fourth-order valence-corrected chi connectivity index (χ4v) is 3.84. The first-order valence-corrected chi connectivity index (χ1v) is 9.80. The molecule has 0 bridgehead atoms. The molecule has 25 heavy (non-hydrogen) atoms. The molecule has 2 unspecified atom stereocenters. The second-order valence-electron chi connectivity index (χ2n) is 7.27. The van der Waals surface area contributed by atoms with E-state index in [-0.39, 0.29) is 11.9 Å². The predicted molar refractivity (Wildman–Crippen MR) is 98.3 cm³/mol. The Hall–Kier alpha value is -1.69. The van der Waals surface area contributed by atoms with E-state index in [9.17, 15) is 4.79 Å². The number of allylic oxidation sites excluding steroid dienone is 1. The van der Waals surface area contributed by atoms with Crippen LogP contribution in [0.1, 0.15) is 64.0 Å². The molecule has 2 atom stereocenters. The van der Waals surface area contributed by atoms with Crippen molar-refractivity contribution in [2.24, 2.45) is 0 Å². The zero-order chi connectivity index (χ0) is 17.6. The monoisotopic (exact) mass is 345 g/mol. The number of hydrogen-bond acceptors (Lipinski definition) is 4. The van der Waals surface area contributed by atoms with Crippen LogP contribution >= 0.6 is 0 Å². The van der Waals surface area contributed by atoms with Crippen LogP contribution in [0.5, 0.6) is 0 Å². The topological polar surface area (TPSA) is 71.8 Å². The molecule has 2 aliphatic rings. The van der Waals surface area contributed by atoms with Crippen molar-refractivity contribution < 1.29 is 4.79 Å². The van der Waals surface area contributed by atoms with Crippen molar-refractivity contribution in [3.8, 4) is 0 Å². The number of carbonyl (C=O) groups is 1. The number of carbonyl (C=O) groups excluding carboxylic acids is 1. The van der Waals surface area contributed by atoms with Gasteiger partial charge < -0.3 is 15.2 Å². The van der Waals surface area contributed by atoms with Crippen molar-refractivity contribution >= 4 is 5.91 Å². The van der Waals surface area contributed by atoms with Crippen molar-refractivity contribution in [1.82, 2.24) is 25.4 Å². The third kappa shape index (κ3) is 4.69. The standard InChI is InChI=1S/C19H31N5O/c1-3-17-22-23-18-10-9-16(13-24(17)18)21-14(2)19(25)20-12-11-15-7-5-4-6-8-15/h7,14,16,21H,3-6,8-13H2,1-2H3,(H,20,25). The van der Waals surface area contributed by atoms with Gasteiger partial charge in [0.2, 0.25) is 5.91 Å². The van der Waals surface area contributed by atoms with Gasteiger partial charge in [0.05, 0.1) is 6.04 Å². The Morgan fingerprint density at radius 1 is 1.36 bits per heavy atom. The van der Waals surface area contributed by atoms with Crippen LogP contribution in [0.2, 0.25) is 0 Å². The van der Waals surface area contributed by atoms with Gasteiger partial charge in [0, 0.05) is 32.0 Å². The lowest BCUT2D eigenvalue weighted by Gasteiger charge is -2.28. The van der Waals surface area contributed by atoms with Crippen LogP contribution in [-0.4, -0.2) is 39.3 Å². The first-order chi connectivity index (χ1) is 12.2. The van der Waals surface area contributed by atoms with Crippen LogP contribution in [0.3, 0.4) is 0 Å². The van der Waals surface area contributed by atoms with Gasteiger partial charge in [0.15, 0.2) is 0 Å². The molecule has 0 saturated heterocycles. The molecule has 138 valence electrons. The van der Waals surface area contributed by atoms with Gasteiger partial charge in [-0.1, -0.05) is 18.6 Å². The molecule has 1 aliphatic heterocycles. The Kier molecular flexibility index (Phi) is 6.24. The molecule has 1 aromatic heterocycles. The number of hydrogen-bond donors (Lipinski definition) is 2. The molecule has 0 saturated carbocycles. The summed E-state index contributed by atoms with van der Waals surface area (Å²) in [6, 6.07) is 0.129. The highest BCUT2D eigenvalue weighted by Gasteiger charge is 2.25. The van der Waals surface area contributed by atoms with E-state index >= 15 is 0 Å². The smallest absolute Gasteiger partial charge is 0.236 e. The molecule has 2 heterocycles. The van der Waals surface area contributed by atoms with E-state index in [2.05, 4.69) is 38.4 Å². The fourth-order valence-electron chi connectivity index (χ4n) is 3.84. The van der Waals surface area contributed by atoms with Gasteiger partial charge >= 0.3 is 0 Å². The summed E-state index contributed by atoms with van der Waals surface area (Å²) >= 11 is 0. The molecule has 1 aliphatic carbocycles. The highest BCUT2D eigenvalue weighted by Crippen LogP contribution is 2.19. The van der Waals surface area contributed by atoms with Crippen molar-refractivity contribution in [2.75, 3.05) is 6.54 Å². The predicted octanol–water partition coefficient (Wildman–Crippen LogP) is 2.14. The fraction of sp³-hybridized carbons (Fsp3) is 0.737. The van der Waals surface area contributed by atoms with Gasteiger partial charge in [-0.25, -0.2) is 0 Å². The van der Waals surface area contributed by atoms with E-state index in [0.29, 0.717) is 6.04 Å². The van der Waals surface area contributed by atoms with E-state index in [1.54, 1.807) is 0 Å². The van der Waals surface area contributed by atoms with Crippen molar-refractivity contribution in [2.45, 2.75) is 83.8 Å². The Bertz CT molecular complexity index is 608. The lowest BCUT2D eigenvalue weighted by atomic mass is 9.97. The minimum absolute atomic E-state index is 0.0988. The number of fused-ring (bicyclic) bond motifs is 1. The van der Waals surface area contributed by atoms with Crippen LogP contribution < -0.4 is 10.6 Å². The molecule has 6 nitrogen and oxygen atoms in total. The molecule has 0 radical (unpaired) electrons. The first-order valence-electron chi connectivity index (χ1n) is 9.80. The largest absolute Gasteiger partial charge is 0.354 e. The van der Waals surface area contributed by atoms with Crippen LogP contribution in [0.15, 0.2) is 11.6 Å². The Morgan fingerprint density at radius 2 is 2.24 bits per heavy atom. The molecular formula is C19H31N5O. The molecule has 1 aromatic rings.